The molecule has 2 fully saturated rings. The van der Waals surface area contributed by atoms with Gasteiger partial charge in [0.05, 0.1) is 12.2 Å². The molecule has 0 aromatic rings. The normalized spacial score (nSPS) is 44.3. The average Bonchev–Trinajstić information content (AvgIpc) is 2.79. The summed E-state index contributed by atoms with van der Waals surface area (Å²) in [6.45, 7) is 7.96. The molecule has 2 aliphatic heterocycles. The van der Waals surface area contributed by atoms with Crippen molar-refractivity contribution in [3.8, 4) is 0 Å². The van der Waals surface area contributed by atoms with Crippen LogP contribution in [0.3, 0.4) is 0 Å². The number of hydrogen-bond donors (Lipinski definition) is 0. The molecular weight excluding hydrogens is 232 g/mol. The number of esters is 1. The summed E-state index contributed by atoms with van der Waals surface area (Å²) in [7, 11) is 0. The first-order valence-electron chi connectivity index (χ1n) is 7.02. The Morgan fingerprint density at radius 1 is 1.28 bits per heavy atom. The van der Waals surface area contributed by atoms with E-state index in [-0.39, 0.29) is 30.2 Å². The fourth-order valence-corrected chi connectivity index (χ4v) is 2.81. The summed E-state index contributed by atoms with van der Waals surface area (Å²) < 4.78 is 17.1. The SMILES string of the molecule is CCCCC1CC(C2(C)OC(C)C(C)O2)C(=O)O1. The second-order valence-electron chi connectivity index (χ2n) is 5.65. The first kappa shape index (κ1) is 13.8. The van der Waals surface area contributed by atoms with Crippen LogP contribution in [-0.4, -0.2) is 30.1 Å². The number of cyclic esters (lactones) is 1. The molecule has 0 saturated carbocycles. The molecule has 0 bridgehead atoms. The lowest BCUT2D eigenvalue weighted by atomic mass is 9.94. The third-order valence-corrected chi connectivity index (χ3v) is 4.08. The van der Waals surface area contributed by atoms with E-state index in [1.807, 2.05) is 20.8 Å². The van der Waals surface area contributed by atoms with Gasteiger partial charge in [-0.3, -0.25) is 4.79 Å². The van der Waals surface area contributed by atoms with Crippen molar-refractivity contribution in [2.45, 2.75) is 77.5 Å². The molecule has 0 spiro atoms. The summed E-state index contributed by atoms with van der Waals surface area (Å²) in [5.74, 6) is -1.26. The fourth-order valence-electron chi connectivity index (χ4n) is 2.81. The van der Waals surface area contributed by atoms with Crippen LogP contribution in [-0.2, 0) is 19.0 Å². The van der Waals surface area contributed by atoms with E-state index in [0.29, 0.717) is 0 Å². The summed E-state index contributed by atoms with van der Waals surface area (Å²) in [4.78, 5) is 12.0. The Hall–Kier alpha value is -0.610. The first-order chi connectivity index (χ1) is 8.46. The van der Waals surface area contributed by atoms with E-state index in [1.54, 1.807) is 0 Å². The summed E-state index contributed by atoms with van der Waals surface area (Å²) >= 11 is 0. The topological polar surface area (TPSA) is 44.8 Å². The highest BCUT2D eigenvalue weighted by Crippen LogP contribution is 2.41. The molecule has 18 heavy (non-hydrogen) atoms. The third kappa shape index (κ3) is 2.54. The van der Waals surface area contributed by atoms with E-state index in [9.17, 15) is 4.79 Å². The number of ether oxygens (including phenoxy) is 3. The molecule has 0 amide bonds. The lowest BCUT2D eigenvalue weighted by Crippen LogP contribution is -2.39. The summed E-state index contributed by atoms with van der Waals surface area (Å²) in [6.07, 6.45) is 3.97. The van der Waals surface area contributed by atoms with Gasteiger partial charge in [0.1, 0.15) is 12.0 Å². The summed E-state index contributed by atoms with van der Waals surface area (Å²) in [5.41, 5.74) is 0. The zero-order valence-electron chi connectivity index (χ0n) is 11.8. The molecule has 2 heterocycles. The van der Waals surface area contributed by atoms with E-state index in [2.05, 4.69) is 6.92 Å². The Morgan fingerprint density at radius 3 is 2.44 bits per heavy atom. The van der Waals surface area contributed by atoms with Gasteiger partial charge in [-0.15, -0.1) is 0 Å². The van der Waals surface area contributed by atoms with Gasteiger partial charge < -0.3 is 14.2 Å². The quantitative estimate of drug-likeness (QED) is 0.725. The van der Waals surface area contributed by atoms with E-state index in [1.165, 1.54) is 0 Å². The van der Waals surface area contributed by atoms with Crippen molar-refractivity contribution in [3.63, 3.8) is 0 Å². The van der Waals surface area contributed by atoms with Gasteiger partial charge in [0.15, 0.2) is 5.79 Å². The van der Waals surface area contributed by atoms with E-state index in [0.717, 1.165) is 25.7 Å². The molecule has 0 N–H and O–H groups in total. The Kier molecular flexibility index (Phi) is 3.97. The van der Waals surface area contributed by atoms with Crippen molar-refractivity contribution in [1.82, 2.24) is 0 Å². The van der Waals surface area contributed by atoms with Crippen molar-refractivity contribution in [3.05, 3.63) is 0 Å². The zero-order valence-corrected chi connectivity index (χ0v) is 11.8. The predicted molar refractivity (Wildman–Crippen MR) is 67.0 cm³/mol. The monoisotopic (exact) mass is 256 g/mol. The highest BCUT2D eigenvalue weighted by atomic mass is 16.8. The summed E-state index contributed by atoms with van der Waals surface area (Å²) in [5, 5.41) is 0. The molecule has 0 aromatic heterocycles. The Labute approximate surface area is 109 Å². The Bertz CT molecular complexity index is 305. The van der Waals surface area contributed by atoms with Gasteiger partial charge >= 0.3 is 5.97 Å². The maximum Gasteiger partial charge on any atom is 0.314 e. The number of hydrogen-bond acceptors (Lipinski definition) is 4. The van der Waals surface area contributed by atoms with Crippen LogP contribution < -0.4 is 0 Å². The minimum Gasteiger partial charge on any atom is -0.462 e. The molecule has 0 aromatic carbocycles. The van der Waals surface area contributed by atoms with Crippen molar-refractivity contribution in [2.24, 2.45) is 5.92 Å². The number of carbonyl (C=O) groups is 1. The minimum atomic E-state index is -0.809. The summed E-state index contributed by atoms with van der Waals surface area (Å²) in [6, 6.07) is 0. The molecular formula is C14H24O4. The predicted octanol–water partition coefficient (Wildman–Crippen LogP) is 2.65. The second kappa shape index (κ2) is 5.17. The van der Waals surface area contributed by atoms with Crippen LogP contribution in [0.15, 0.2) is 0 Å². The van der Waals surface area contributed by atoms with Crippen molar-refractivity contribution in [2.75, 3.05) is 0 Å². The first-order valence-corrected chi connectivity index (χ1v) is 7.02. The number of rotatable bonds is 4. The maximum absolute atomic E-state index is 12.0. The smallest absolute Gasteiger partial charge is 0.314 e. The lowest BCUT2D eigenvalue weighted by molar-refractivity contribution is -0.199. The highest BCUT2D eigenvalue weighted by molar-refractivity contribution is 5.75. The van der Waals surface area contributed by atoms with Crippen molar-refractivity contribution < 1.29 is 19.0 Å². The molecule has 0 aliphatic carbocycles. The lowest BCUT2D eigenvalue weighted by Gasteiger charge is -2.27. The molecule has 4 atom stereocenters. The van der Waals surface area contributed by atoms with Gasteiger partial charge in [0, 0.05) is 6.42 Å². The molecule has 104 valence electrons. The van der Waals surface area contributed by atoms with Gasteiger partial charge in [0.2, 0.25) is 0 Å². The maximum atomic E-state index is 12.0. The van der Waals surface area contributed by atoms with Crippen LogP contribution >= 0.6 is 0 Å². The molecule has 4 nitrogen and oxygen atoms in total. The van der Waals surface area contributed by atoms with Crippen LogP contribution in [0.2, 0.25) is 0 Å². The van der Waals surface area contributed by atoms with Crippen LogP contribution in [0, 0.1) is 5.92 Å². The van der Waals surface area contributed by atoms with Crippen molar-refractivity contribution >= 4 is 5.97 Å². The highest BCUT2D eigenvalue weighted by Gasteiger charge is 2.53. The van der Waals surface area contributed by atoms with E-state index >= 15 is 0 Å². The molecule has 2 saturated heterocycles. The molecule has 2 rings (SSSR count). The van der Waals surface area contributed by atoms with Crippen LogP contribution in [0.4, 0.5) is 0 Å². The molecule has 0 radical (unpaired) electrons. The molecule has 4 heteroatoms. The number of unbranched alkanes of at least 4 members (excludes halogenated alkanes) is 1. The average molecular weight is 256 g/mol. The number of carbonyl (C=O) groups excluding carboxylic acids is 1. The molecule has 4 unspecified atom stereocenters. The van der Waals surface area contributed by atoms with E-state index in [4.69, 9.17) is 14.2 Å². The Balaban J connectivity index is 1.99. The van der Waals surface area contributed by atoms with E-state index < -0.39 is 5.79 Å². The second-order valence-corrected chi connectivity index (χ2v) is 5.65. The third-order valence-electron chi connectivity index (χ3n) is 4.08. The minimum absolute atomic E-state index is 0.0255. The van der Waals surface area contributed by atoms with Gasteiger partial charge in [-0.1, -0.05) is 19.8 Å². The largest absolute Gasteiger partial charge is 0.462 e. The van der Waals surface area contributed by atoms with Crippen molar-refractivity contribution in [1.29, 1.82) is 0 Å². The van der Waals surface area contributed by atoms with Crippen LogP contribution in [0.25, 0.3) is 0 Å². The van der Waals surface area contributed by atoms with Gasteiger partial charge in [-0.2, -0.15) is 0 Å². The zero-order chi connectivity index (χ0) is 13.3. The van der Waals surface area contributed by atoms with Gasteiger partial charge in [-0.25, -0.2) is 0 Å². The van der Waals surface area contributed by atoms with Crippen LogP contribution in [0.5, 0.6) is 0 Å². The van der Waals surface area contributed by atoms with Gasteiger partial charge in [-0.05, 0) is 27.2 Å². The Morgan fingerprint density at radius 2 is 1.89 bits per heavy atom. The fraction of sp³-hybridized carbons (Fsp3) is 0.929. The standard InChI is InChI=1S/C14H24O4/c1-5-6-7-11-8-12(13(15)16-11)14(4)17-9(2)10(3)18-14/h9-12H,5-8H2,1-4H3. The van der Waals surface area contributed by atoms with Gasteiger partial charge in [0.25, 0.3) is 0 Å². The van der Waals surface area contributed by atoms with Crippen LogP contribution in [0.1, 0.15) is 53.4 Å². The molecule has 2 aliphatic rings.